The minimum absolute atomic E-state index is 0.0565. The Balaban J connectivity index is 1.72. The van der Waals surface area contributed by atoms with Gasteiger partial charge in [-0.05, 0) is 17.2 Å². The number of carbonyl (C=O) groups excluding carboxylic acids is 1. The number of hydrogen-bond donors (Lipinski definition) is 1. The van der Waals surface area contributed by atoms with Crippen molar-refractivity contribution in [3.8, 4) is 0 Å². The highest BCUT2D eigenvalue weighted by Crippen LogP contribution is 2.14. The molecule has 1 amide bonds. The van der Waals surface area contributed by atoms with Crippen LogP contribution in [0.2, 0.25) is 0 Å². The summed E-state index contributed by atoms with van der Waals surface area (Å²) in [6.45, 7) is 0.482. The molecular formula is C17H17N5O. The third-order valence-electron chi connectivity index (χ3n) is 3.44. The van der Waals surface area contributed by atoms with Gasteiger partial charge in [-0.15, -0.1) is 0 Å². The molecule has 1 aromatic carbocycles. The van der Waals surface area contributed by atoms with E-state index < -0.39 is 0 Å². The summed E-state index contributed by atoms with van der Waals surface area (Å²) in [6.07, 6.45) is 6.94. The molecule has 0 bridgehead atoms. The molecule has 116 valence electrons. The molecule has 0 fully saturated rings. The zero-order valence-corrected chi connectivity index (χ0v) is 12.5. The largest absolute Gasteiger partial charge is 0.347 e. The Morgan fingerprint density at radius 2 is 1.83 bits per heavy atom. The van der Waals surface area contributed by atoms with Crippen molar-refractivity contribution in [1.82, 2.24) is 25.3 Å². The lowest BCUT2D eigenvalue weighted by molar-refractivity contribution is -0.121. The maximum atomic E-state index is 12.3. The van der Waals surface area contributed by atoms with Gasteiger partial charge < -0.3 is 5.32 Å². The molecule has 0 aliphatic heterocycles. The Hall–Kier alpha value is -3.02. The molecule has 2 heterocycles. The second-order valence-electron chi connectivity index (χ2n) is 5.15. The van der Waals surface area contributed by atoms with Gasteiger partial charge in [-0.25, -0.2) is 0 Å². The first-order valence-electron chi connectivity index (χ1n) is 7.38. The van der Waals surface area contributed by atoms with E-state index in [1.165, 1.54) is 0 Å². The Kier molecular flexibility index (Phi) is 4.73. The summed E-state index contributed by atoms with van der Waals surface area (Å²) in [5.41, 5.74) is 1.90. The average Bonchev–Trinajstić information content (AvgIpc) is 3.09. The second-order valence-corrected chi connectivity index (χ2v) is 5.15. The van der Waals surface area contributed by atoms with Crippen molar-refractivity contribution < 1.29 is 4.79 Å². The van der Waals surface area contributed by atoms with Crippen LogP contribution in [0.1, 0.15) is 17.2 Å². The third-order valence-corrected chi connectivity index (χ3v) is 3.44. The molecule has 23 heavy (non-hydrogen) atoms. The Bertz CT molecular complexity index is 728. The lowest BCUT2D eigenvalue weighted by Crippen LogP contribution is -2.33. The quantitative estimate of drug-likeness (QED) is 0.753. The number of nitrogens with one attached hydrogen (secondary N) is 1. The highest BCUT2D eigenvalue weighted by Gasteiger charge is 2.16. The average molecular weight is 307 g/mol. The van der Waals surface area contributed by atoms with E-state index >= 15 is 0 Å². The molecule has 0 unspecified atom stereocenters. The predicted molar refractivity (Wildman–Crippen MR) is 85.3 cm³/mol. The van der Waals surface area contributed by atoms with E-state index in [-0.39, 0.29) is 11.9 Å². The maximum Gasteiger partial charge on any atom is 0.225 e. The van der Waals surface area contributed by atoms with Crippen molar-refractivity contribution in [3.05, 3.63) is 78.4 Å². The van der Waals surface area contributed by atoms with Crippen LogP contribution in [0.25, 0.3) is 0 Å². The van der Waals surface area contributed by atoms with Gasteiger partial charge in [-0.2, -0.15) is 15.0 Å². The van der Waals surface area contributed by atoms with Crippen LogP contribution >= 0.6 is 0 Å². The van der Waals surface area contributed by atoms with E-state index in [2.05, 4.69) is 20.5 Å². The molecule has 1 atom stereocenters. The third kappa shape index (κ3) is 4.23. The van der Waals surface area contributed by atoms with Gasteiger partial charge in [0, 0.05) is 12.4 Å². The summed E-state index contributed by atoms with van der Waals surface area (Å²) in [6, 6.07) is 13.3. The number of amides is 1. The van der Waals surface area contributed by atoms with E-state index in [0.717, 1.165) is 11.1 Å². The van der Waals surface area contributed by atoms with Gasteiger partial charge in [0.15, 0.2) is 0 Å². The second kappa shape index (κ2) is 7.31. The molecule has 2 aromatic heterocycles. The molecule has 0 aliphatic rings. The minimum Gasteiger partial charge on any atom is -0.347 e. The molecule has 0 saturated heterocycles. The number of carbonyl (C=O) groups is 1. The Morgan fingerprint density at radius 1 is 1.04 bits per heavy atom. The smallest absolute Gasteiger partial charge is 0.225 e. The molecule has 3 rings (SSSR count). The molecule has 1 N–H and O–H groups in total. The Labute approximate surface area is 134 Å². The fourth-order valence-corrected chi connectivity index (χ4v) is 2.35. The van der Waals surface area contributed by atoms with E-state index in [0.29, 0.717) is 13.0 Å². The predicted octanol–water partition coefficient (Wildman–Crippen LogP) is 1.77. The van der Waals surface area contributed by atoms with Crippen molar-refractivity contribution in [2.24, 2.45) is 0 Å². The fourth-order valence-electron chi connectivity index (χ4n) is 2.35. The van der Waals surface area contributed by atoms with E-state index in [9.17, 15) is 4.79 Å². The summed E-state index contributed by atoms with van der Waals surface area (Å²) in [7, 11) is 0. The highest BCUT2D eigenvalue weighted by atomic mass is 16.1. The van der Waals surface area contributed by atoms with Crippen LogP contribution in [-0.2, 0) is 17.8 Å². The van der Waals surface area contributed by atoms with Gasteiger partial charge >= 0.3 is 0 Å². The molecular weight excluding hydrogens is 290 g/mol. The number of hydrogen-bond acceptors (Lipinski definition) is 4. The fraction of sp³-hybridized carbons (Fsp3) is 0.176. The van der Waals surface area contributed by atoms with Crippen LogP contribution in [0.3, 0.4) is 0 Å². The lowest BCUT2D eigenvalue weighted by Gasteiger charge is -2.18. The first kappa shape index (κ1) is 14.9. The number of aromatic nitrogens is 4. The van der Waals surface area contributed by atoms with E-state index in [4.69, 9.17) is 0 Å². The first-order valence-corrected chi connectivity index (χ1v) is 7.38. The van der Waals surface area contributed by atoms with Gasteiger partial charge in [-0.1, -0.05) is 36.4 Å². The normalized spacial score (nSPS) is 11.8. The van der Waals surface area contributed by atoms with Gasteiger partial charge in [0.25, 0.3) is 0 Å². The number of benzene rings is 1. The summed E-state index contributed by atoms with van der Waals surface area (Å²) >= 11 is 0. The molecule has 0 aliphatic carbocycles. The van der Waals surface area contributed by atoms with Crippen LogP contribution in [0.5, 0.6) is 0 Å². The van der Waals surface area contributed by atoms with Crippen LogP contribution in [0.15, 0.2) is 67.3 Å². The SMILES string of the molecule is O=C(Cc1cccnc1)N[C@H](Cn1nccn1)c1ccccc1. The molecule has 0 spiro atoms. The minimum atomic E-state index is -0.187. The number of nitrogens with zero attached hydrogens (tertiary/aromatic N) is 4. The van der Waals surface area contributed by atoms with Crippen LogP contribution in [0, 0.1) is 0 Å². The van der Waals surface area contributed by atoms with Crippen molar-refractivity contribution >= 4 is 5.91 Å². The van der Waals surface area contributed by atoms with Gasteiger partial charge in [0.1, 0.15) is 0 Å². The maximum absolute atomic E-state index is 12.3. The number of pyridine rings is 1. The topological polar surface area (TPSA) is 72.7 Å². The zero-order valence-electron chi connectivity index (χ0n) is 12.5. The Morgan fingerprint density at radius 3 is 2.52 bits per heavy atom. The highest BCUT2D eigenvalue weighted by molar-refractivity contribution is 5.78. The van der Waals surface area contributed by atoms with E-state index in [1.54, 1.807) is 29.6 Å². The summed E-state index contributed by atoms with van der Waals surface area (Å²) in [5, 5.41) is 11.3. The van der Waals surface area contributed by atoms with Gasteiger partial charge in [0.05, 0.1) is 31.4 Å². The standard InChI is InChI=1S/C17H17N5O/c23-17(11-14-5-4-8-18-12-14)21-16(13-22-19-9-10-20-22)15-6-2-1-3-7-15/h1-10,12,16H,11,13H2,(H,21,23)/t16-/m1/s1. The monoisotopic (exact) mass is 307 g/mol. The van der Waals surface area contributed by atoms with E-state index in [1.807, 2.05) is 42.5 Å². The summed E-state index contributed by atoms with van der Waals surface area (Å²) < 4.78 is 0. The van der Waals surface area contributed by atoms with Crippen LogP contribution in [-0.4, -0.2) is 25.9 Å². The van der Waals surface area contributed by atoms with Crippen molar-refractivity contribution in [3.63, 3.8) is 0 Å². The van der Waals surface area contributed by atoms with Crippen molar-refractivity contribution in [2.75, 3.05) is 0 Å². The van der Waals surface area contributed by atoms with Crippen molar-refractivity contribution in [1.29, 1.82) is 0 Å². The lowest BCUT2D eigenvalue weighted by atomic mass is 10.1. The molecule has 6 heteroatoms. The molecule has 0 radical (unpaired) electrons. The molecule has 3 aromatic rings. The summed E-state index contributed by atoms with van der Waals surface area (Å²) in [4.78, 5) is 17.9. The zero-order chi connectivity index (χ0) is 15.9. The molecule has 6 nitrogen and oxygen atoms in total. The van der Waals surface area contributed by atoms with Crippen molar-refractivity contribution in [2.45, 2.75) is 19.0 Å². The first-order chi connectivity index (χ1) is 11.3. The molecule has 0 saturated carbocycles. The van der Waals surface area contributed by atoms with Gasteiger partial charge in [0.2, 0.25) is 5.91 Å². The number of rotatable bonds is 6. The van der Waals surface area contributed by atoms with Crippen LogP contribution < -0.4 is 5.32 Å². The van der Waals surface area contributed by atoms with Gasteiger partial charge in [-0.3, -0.25) is 9.78 Å². The van der Waals surface area contributed by atoms with Crippen LogP contribution in [0.4, 0.5) is 0 Å². The summed E-state index contributed by atoms with van der Waals surface area (Å²) in [5.74, 6) is -0.0565.